The average molecular weight is 236 g/mol. The average Bonchev–Trinajstić information content (AvgIpc) is 2.55. The summed E-state index contributed by atoms with van der Waals surface area (Å²) in [5.74, 6) is 0.985. The smallest absolute Gasteiger partial charge is 0.163 e. The molecule has 0 saturated heterocycles. The van der Waals surface area contributed by atoms with Gasteiger partial charge in [-0.15, -0.1) is 0 Å². The van der Waals surface area contributed by atoms with Gasteiger partial charge in [-0.1, -0.05) is 40.0 Å². The standard InChI is InChI=1S/C15H24O2/c1-15(2,3)11-9-12(16)13(14(11)17)10-7-5-4-6-8-10/h10-11,17H,4-9H2,1-3H3. The fourth-order valence-corrected chi connectivity index (χ4v) is 3.27. The predicted octanol–water partition coefficient (Wildman–Crippen LogP) is 4.01. The summed E-state index contributed by atoms with van der Waals surface area (Å²) < 4.78 is 0. The van der Waals surface area contributed by atoms with Crippen molar-refractivity contribution in [1.82, 2.24) is 0 Å². The first-order valence-electron chi connectivity index (χ1n) is 6.87. The number of allylic oxidation sites excluding steroid dienone is 2. The van der Waals surface area contributed by atoms with Gasteiger partial charge >= 0.3 is 0 Å². The summed E-state index contributed by atoms with van der Waals surface area (Å²) in [6.45, 7) is 6.31. The lowest BCUT2D eigenvalue weighted by Gasteiger charge is -2.27. The summed E-state index contributed by atoms with van der Waals surface area (Å²) in [5.41, 5.74) is 0.764. The van der Waals surface area contributed by atoms with Crippen LogP contribution in [0.1, 0.15) is 59.3 Å². The van der Waals surface area contributed by atoms with Gasteiger partial charge in [0.2, 0.25) is 0 Å². The minimum atomic E-state index is -0.0177. The van der Waals surface area contributed by atoms with Crippen LogP contribution in [-0.2, 0) is 4.79 Å². The lowest BCUT2D eigenvalue weighted by molar-refractivity contribution is -0.116. The zero-order chi connectivity index (χ0) is 12.6. The van der Waals surface area contributed by atoms with E-state index in [-0.39, 0.29) is 17.1 Å². The highest BCUT2D eigenvalue weighted by atomic mass is 16.3. The van der Waals surface area contributed by atoms with Crippen LogP contribution in [0.4, 0.5) is 0 Å². The molecule has 0 bridgehead atoms. The quantitative estimate of drug-likeness (QED) is 0.746. The molecule has 0 aromatic heterocycles. The fourth-order valence-electron chi connectivity index (χ4n) is 3.27. The van der Waals surface area contributed by atoms with Crippen LogP contribution in [0.5, 0.6) is 0 Å². The Morgan fingerprint density at radius 2 is 1.71 bits per heavy atom. The molecular weight excluding hydrogens is 212 g/mol. The molecule has 2 nitrogen and oxygen atoms in total. The van der Waals surface area contributed by atoms with Gasteiger partial charge in [0.15, 0.2) is 5.78 Å². The van der Waals surface area contributed by atoms with Crippen molar-refractivity contribution in [2.24, 2.45) is 17.3 Å². The maximum absolute atomic E-state index is 12.1. The molecule has 1 atom stereocenters. The fraction of sp³-hybridized carbons (Fsp3) is 0.800. The number of aliphatic hydroxyl groups excluding tert-OH is 1. The van der Waals surface area contributed by atoms with Gasteiger partial charge in [-0.3, -0.25) is 4.79 Å². The Labute approximate surface area is 104 Å². The first-order valence-corrected chi connectivity index (χ1v) is 6.87. The third kappa shape index (κ3) is 2.41. The summed E-state index contributed by atoms with van der Waals surface area (Å²) in [4.78, 5) is 12.1. The molecule has 17 heavy (non-hydrogen) atoms. The molecule has 2 aliphatic carbocycles. The Kier molecular flexibility index (Phi) is 3.33. The van der Waals surface area contributed by atoms with E-state index in [1.165, 1.54) is 19.3 Å². The zero-order valence-electron chi connectivity index (χ0n) is 11.3. The van der Waals surface area contributed by atoms with Gasteiger partial charge in [0.05, 0.1) is 0 Å². The topological polar surface area (TPSA) is 37.3 Å². The largest absolute Gasteiger partial charge is 0.512 e. The van der Waals surface area contributed by atoms with Crippen molar-refractivity contribution in [1.29, 1.82) is 0 Å². The van der Waals surface area contributed by atoms with E-state index in [1.54, 1.807) is 0 Å². The molecule has 2 heteroatoms. The first-order chi connectivity index (χ1) is 7.91. The maximum atomic E-state index is 12.1. The molecule has 0 aliphatic heterocycles. The van der Waals surface area contributed by atoms with Gasteiger partial charge in [0, 0.05) is 17.9 Å². The van der Waals surface area contributed by atoms with Crippen LogP contribution in [0.2, 0.25) is 0 Å². The molecule has 0 spiro atoms. The van der Waals surface area contributed by atoms with Gasteiger partial charge in [-0.05, 0) is 24.2 Å². The SMILES string of the molecule is CC(C)(C)C1CC(=O)C(C2CCCCC2)=C1O. The number of Topliss-reactive ketones (excluding diaryl/α,β-unsaturated/α-hetero) is 1. The van der Waals surface area contributed by atoms with E-state index in [0.29, 0.717) is 18.1 Å². The summed E-state index contributed by atoms with van der Waals surface area (Å²) >= 11 is 0. The number of aliphatic hydroxyl groups is 1. The molecule has 96 valence electrons. The minimum Gasteiger partial charge on any atom is -0.512 e. The second-order valence-electron chi connectivity index (χ2n) is 6.68. The normalized spacial score (nSPS) is 27.9. The number of rotatable bonds is 1. The van der Waals surface area contributed by atoms with E-state index < -0.39 is 0 Å². The Balaban J connectivity index is 2.24. The Bertz CT molecular complexity index is 340. The van der Waals surface area contributed by atoms with Crippen LogP contribution in [-0.4, -0.2) is 10.9 Å². The summed E-state index contributed by atoms with van der Waals surface area (Å²) in [6.07, 6.45) is 6.37. The minimum absolute atomic E-state index is 0.0177. The van der Waals surface area contributed by atoms with E-state index in [4.69, 9.17) is 0 Å². The van der Waals surface area contributed by atoms with Gasteiger partial charge < -0.3 is 5.11 Å². The van der Waals surface area contributed by atoms with E-state index in [0.717, 1.165) is 18.4 Å². The van der Waals surface area contributed by atoms with Crippen molar-refractivity contribution in [2.75, 3.05) is 0 Å². The number of hydrogen-bond donors (Lipinski definition) is 1. The summed E-state index contributed by atoms with van der Waals surface area (Å²) in [6, 6.07) is 0. The van der Waals surface area contributed by atoms with E-state index >= 15 is 0 Å². The molecule has 1 saturated carbocycles. The first kappa shape index (κ1) is 12.7. The summed E-state index contributed by atoms with van der Waals surface area (Å²) in [5, 5.41) is 10.4. The zero-order valence-corrected chi connectivity index (χ0v) is 11.3. The van der Waals surface area contributed by atoms with Crippen LogP contribution in [0, 0.1) is 17.3 Å². The van der Waals surface area contributed by atoms with Crippen LogP contribution >= 0.6 is 0 Å². The van der Waals surface area contributed by atoms with Gasteiger partial charge in [-0.2, -0.15) is 0 Å². The van der Waals surface area contributed by atoms with E-state index in [9.17, 15) is 9.90 Å². The molecule has 0 heterocycles. The third-order valence-electron chi connectivity index (χ3n) is 4.35. The molecular formula is C15H24O2. The highest BCUT2D eigenvalue weighted by Crippen LogP contribution is 2.44. The van der Waals surface area contributed by atoms with Crippen molar-refractivity contribution in [2.45, 2.75) is 59.3 Å². The highest BCUT2D eigenvalue weighted by molar-refractivity contribution is 5.99. The number of carbonyl (C=O) groups is 1. The lowest BCUT2D eigenvalue weighted by Crippen LogP contribution is -2.20. The molecule has 2 rings (SSSR count). The molecule has 0 amide bonds. The third-order valence-corrected chi connectivity index (χ3v) is 4.35. The molecule has 2 aliphatic rings. The second kappa shape index (κ2) is 4.47. The van der Waals surface area contributed by atoms with Crippen molar-refractivity contribution >= 4 is 5.78 Å². The van der Waals surface area contributed by atoms with Crippen LogP contribution in [0.15, 0.2) is 11.3 Å². The highest BCUT2D eigenvalue weighted by Gasteiger charge is 2.41. The maximum Gasteiger partial charge on any atom is 0.163 e. The van der Waals surface area contributed by atoms with Crippen molar-refractivity contribution < 1.29 is 9.90 Å². The molecule has 1 N–H and O–H groups in total. The summed E-state index contributed by atoms with van der Waals surface area (Å²) in [7, 11) is 0. The second-order valence-corrected chi connectivity index (χ2v) is 6.68. The van der Waals surface area contributed by atoms with Crippen molar-refractivity contribution in [3.05, 3.63) is 11.3 Å². The number of carbonyl (C=O) groups excluding carboxylic acids is 1. The molecule has 1 fully saturated rings. The van der Waals surface area contributed by atoms with Crippen molar-refractivity contribution in [3.63, 3.8) is 0 Å². The molecule has 0 aromatic rings. The van der Waals surface area contributed by atoms with Crippen LogP contribution in [0.25, 0.3) is 0 Å². The number of hydrogen-bond acceptors (Lipinski definition) is 2. The lowest BCUT2D eigenvalue weighted by atomic mass is 9.79. The van der Waals surface area contributed by atoms with Crippen LogP contribution < -0.4 is 0 Å². The Hall–Kier alpha value is -0.790. The van der Waals surface area contributed by atoms with E-state index in [1.807, 2.05) is 0 Å². The monoisotopic (exact) mass is 236 g/mol. The molecule has 0 radical (unpaired) electrons. The van der Waals surface area contributed by atoms with Gasteiger partial charge in [-0.25, -0.2) is 0 Å². The Morgan fingerprint density at radius 3 is 2.18 bits per heavy atom. The van der Waals surface area contributed by atoms with E-state index in [2.05, 4.69) is 20.8 Å². The predicted molar refractivity (Wildman–Crippen MR) is 68.8 cm³/mol. The molecule has 0 aromatic carbocycles. The van der Waals surface area contributed by atoms with Crippen molar-refractivity contribution in [3.8, 4) is 0 Å². The van der Waals surface area contributed by atoms with Gasteiger partial charge in [0.1, 0.15) is 5.76 Å². The van der Waals surface area contributed by atoms with Crippen LogP contribution in [0.3, 0.4) is 0 Å². The molecule has 1 unspecified atom stereocenters. The number of ketones is 1. The Morgan fingerprint density at radius 1 is 1.12 bits per heavy atom. The van der Waals surface area contributed by atoms with Gasteiger partial charge in [0.25, 0.3) is 0 Å².